The molecule has 1 fully saturated rings. The largest absolute Gasteiger partial charge is 0.444 e. The van der Waals surface area contributed by atoms with Crippen LogP contribution in [0.1, 0.15) is 44.0 Å². The zero-order valence-electron chi connectivity index (χ0n) is 17.6. The van der Waals surface area contributed by atoms with Gasteiger partial charge in [0.15, 0.2) is 0 Å². The predicted molar refractivity (Wildman–Crippen MR) is 110 cm³/mol. The SMILES string of the molecule is CC(C)(C)OC(=O)N1CCN(C(=O)CC[C@@H]2NC(=O)c3ccccc3NC2=O)CC1. The first-order chi connectivity index (χ1) is 14.1. The minimum Gasteiger partial charge on any atom is -0.444 e. The first-order valence-electron chi connectivity index (χ1n) is 10.1. The summed E-state index contributed by atoms with van der Waals surface area (Å²) in [5.41, 5.74) is 0.304. The maximum atomic E-state index is 12.6. The van der Waals surface area contributed by atoms with Crippen LogP contribution in [0.3, 0.4) is 0 Å². The lowest BCUT2D eigenvalue weighted by molar-refractivity contribution is -0.133. The van der Waals surface area contributed by atoms with Gasteiger partial charge in [0.05, 0.1) is 11.3 Å². The number of anilines is 1. The summed E-state index contributed by atoms with van der Waals surface area (Å²) in [6, 6.07) is 6.00. The average molecular weight is 416 g/mol. The summed E-state index contributed by atoms with van der Waals surface area (Å²) in [6.45, 7) is 7.05. The minimum atomic E-state index is -0.781. The quantitative estimate of drug-likeness (QED) is 0.778. The van der Waals surface area contributed by atoms with Gasteiger partial charge in [0.2, 0.25) is 11.8 Å². The van der Waals surface area contributed by atoms with Gasteiger partial charge in [-0.2, -0.15) is 0 Å². The summed E-state index contributed by atoms with van der Waals surface area (Å²) in [6.07, 6.45) is -0.0512. The molecule has 0 saturated carbocycles. The molecular weight excluding hydrogens is 388 g/mol. The smallest absolute Gasteiger partial charge is 0.410 e. The molecule has 2 aliphatic rings. The molecule has 1 saturated heterocycles. The Bertz CT molecular complexity index is 840. The molecule has 2 aliphatic heterocycles. The summed E-state index contributed by atoms with van der Waals surface area (Å²) in [7, 11) is 0. The maximum Gasteiger partial charge on any atom is 0.410 e. The second-order valence-corrected chi connectivity index (χ2v) is 8.45. The van der Waals surface area contributed by atoms with Gasteiger partial charge in [0.1, 0.15) is 11.6 Å². The Kier molecular flexibility index (Phi) is 6.28. The van der Waals surface area contributed by atoms with E-state index in [1.54, 1.807) is 34.1 Å². The number of hydrogen-bond acceptors (Lipinski definition) is 5. The van der Waals surface area contributed by atoms with Crippen LogP contribution in [0.15, 0.2) is 24.3 Å². The molecule has 1 aromatic carbocycles. The third-order valence-electron chi connectivity index (χ3n) is 4.98. The molecule has 0 radical (unpaired) electrons. The number of amides is 4. The molecule has 0 aromatic heterocycles. The van der Waals surface area contributed by atoms with Gasteiger partial charge in [-0.25, -0.2) is 4.79 Å². The van der Waals surface area contributed by atoms with Crippen LogP contribution in [0.5, 0.6) is 0 Å². The van der Waals surface area contributed by atoms with Gasteiger partial charge >= 0.3 is 6.09 Å². The Morgan fingerprint density at radius 1 is 1.07 bits per heavy atom. The number of carbonyl (C=O) groups is 4. The Hall–Kier alpha value is -3.10. The minimum absolute atomic E-state index is 0.109. The molecule has 9 heteroatoms. The van der Waals surface area contributed by atoms with Crippen LogP contribution < -0.4 is 10.6 Å². The standard InChI is InChI=1S/C21H28N4O5/c1-21(2,3)30-20(29)25-12-10-24(11-13-25)17(26)9-8-16-19(28)22-15-7-5-4-6-14(15)18(27)23-16/h4-7,16H,8-13H2,1-3H3,(H,22,28)(H,23,27)/t16-/m0/s1. The van der Waals surface area contributed by atoms with Gasteiger partial charge in [-0.1, -0.05) is 12.1 Å². The second-order valence-electron chi connectivity index (χ2n) is 8.45. The molecular formula is C21H28N4O5. The van der Waals surface area contributed by atoms with E-state index in [0.717, 1.165) is 0 Å². The van der Waals surface area contributed by atoms with E-state index < -0.39 is 11.6 Å². The van der Waals surface area contributed by atoms with Crippen molar-refractivity contribution < 1.29 is 23.9 Å². The number of fused-ring (bicyclic) bond motifs is 1. The normalized spacial score (nSPS) is 19.4. The number of nitrogens with one attached hydrogen (secondary N) is 2. The molecule has 2 N–H and O–H groups in total. The summed E-state index contributed by atoms with van der Waals surface area (Å²) in [4.78, 5) is 52.8. The Balaban J connectivity index is 1.49. The molecule has 0 aliphatic carbocycles. The Labute approximate surface area is 175 Å². The molecule has 4 amide bonds. The predicted octanol–water partition coefficient (Wildman–Crippen LogP) is 1.60. The van der Waals surface area contributed by atoms with Gasteiger partial charge in [0.25, 0.3) is 5.91 Å². The fourth-order valence-corrected chi connectivity index (χ4v) is 3.41. The molecule has 0 unspecified atom stereocenters. The van der Waals surface area contributed by atoms with Crippen molar-refractivity contribution in [1.29, 1.82) is 0 Å². The van der Waals surface area contributed by atoms with Gasteiger partial charge in [-0.3, -0.25) is 14.4 Å². The van der Waals surface area contributed by atoms with Crippen molar-refractivity contribution in [2.45, 2.75) is 45.3 Å². The van der Waals surface area contributed by atoms with E-state index in [0.29, 0.717) is 37.4 Å². The highest BCUT2D eigenvalue weighted by atomic mass is 16.6. The summed E-state index contributed by atoms with van der Waals surface area (Å²) < 4.78 is 5.36. The lowest BCUT2D eigenvalue weighted by Gasteiger charge is -2.35. The van der Waals surface area contributed by atoms with Crippen LogP contribution in [0.4, 0.5) is 10.5 Å². The van der Waals surface area contributed by atoms with Crippen molar-refractivity contribution in [3.63, 3.8) is 0 Å². The van der Waals surface area contributed by atoms with Crippen molar-refractivity contribution in [3.05, 3.63) is 29.8 Å². The molecule has 162 valence electrons. The Morgan fingerprint density at radius 2 is 1.70 bits per heavy atom. The van der Waals surface area contributed by atoms with Crippen LogP contribution in [-0.2, 0) is 14.3 Å². The van der Waals surface area contributed by atoms with E-state index in [1.807, 2.05) is 20.8 Å². The van der Waals surface area contributed by atoms with Gasteiger partial charge in [-0.15, -0.1) is 0 Å². The monoisotopic (exact) mass is 416 g/mol. The van der Waals surface area contributed by atoms with Gasteiger partial charge in [0, 0.05) is 32.6 Å². The number of para-hydroxylation sites is 1. The van der Waals surface area contributed by atoms with Crippen molar-refractivity contribution in [2.24, 2.45) is 0 Å². The Morgan fingerprint density at radius 3 is 2.37 bits per heavy atom. The first-order valence-corrected chi connectivity index (χ1v) is 10.1. The van der Waals surface area contributed by atoms with Crippen molar-refractivity contribution >= 4 is 29.5 Å². The lowest BCUT2D eigenvalue weighted by Crippen LogP contribution is -2.52. The van der Waals surface area contributed by atoms with Crippen LogP contribution in [-0.4, -0.2) is 71.4 Å². The number of piperazine rings is 1. The number of carbonyl (C=O) groups excluding carboxylic acids is 4. The van der Waals surface area contributed by atoms with Crippen LogP contribution >= 0.6 is 0 Å². The van der Waals surface area contributed by atoms with Crippen LogP contribution in [0, 0.1) is 0 Å². The average Bonchev–Trinajstić information content (AvgIpc) is 2.81. The highest BCUT2D eigenvalue weighted by Crippen LogP contribution is 2.19. The van der Waals surface area contributed by atoms with Crippen LogP contribution in [0.25, 0.3) is 0 Å². The van der Waals surface area contributed by atoms with Crippen molar-refractivity contribution in [2.75, 3.05) is 31.5 Å². The fourth-order valence-electron chi connectivity index (χ4n) is 3.41. The number of rotatable bonds is 3. The number of benzene rings is 1. The molecule has 30 heavy (non-hydrogen) atoms. The molecule has 9 nitrogen and oxygen atoms in total. The summed E-state index contributed by atoms with van der Waals surface area (Å²) in [5, 5.41) is 5.43. The fraction of sp³-hybridized carbons (Fsp3) is 0.524. The molecule has 0 bridgehead atoms. The van der Waals surface area contributed by atoms with E-state index in [2.05, 4.69) is 10.6 Å². The maximum absolute atomic E-state index is 12.6. The third-order valence-corrected chi connectivity index (χ3v) is 4.98. The summed E-state index contributed by atoms with van der Waals surface area (Å²) in [5.74, 6) is -0.786. The lowest BCUT2D eigenvalue weighted by atomic mass is 10.1. The number of ether oxygens (including phenoxy) is 1. The van der Waals surface area contributed by atoms with E-state index in [1.165, 1.54) is 0 Å². The highest BCUT2D eigenvalue weighted by Gasteiger charge is 2.30. The third kappa shape index (κ3) is 5.28. The topological polar surface area (TPSA) is 108 Å². The van der Waals surface area contributed by atoms with Gasteiger partial charge in [-0.05, 0) is 39.3 Å². The molecule has 2 heterocycles. The molecule has 3 rings (SSSR count). The van der Waals surface area contributed by atoms with Gasteiger partial charge < -0.3 is 25.2 Å². The van der Waals surface area contributed by atoms with E-state index in [4.69, 9.17) is 4.74 Å². The van der Waals surface area contributed by atoms with E-state index >= 15 is 0 Å². The molecule has 0 spiro atoms. The second kappa shape index (κ2) is 8.73. The van der Waals surface area contributed by atoms with Crippen LogP contribution in [0.2, 0.25) is 0 Å². The summed E-state index contributed by atoms with van der Waals surface area (Å²) >= 11 is 0. The van der Waals surface area contributed by atoms with E-state index in [-0.39, 0.29) is 36.7 Å². The van der Waals surface area contributed by atoms with Crippen molar-refractivity contribution in [1.82, 2.24) is 15.1 Å². The number of nitrogens with zero attached hydrogens (tertiary/aromatic N) is 2. The first kappa shape index (κ1) is 21.6. The zero-order valence-corrected chi connectivity index (χ0v) is 17.6. The zero-order chi connectivity index (χ0) is 21.9. The molecule has 1 atom stereocenters. The molecule has 1 aromatic rings. The number of hydrogen-bond donors (Lipinski definition) is 2. The van der Waals surface area contributed by atoms with E-state index in [9.17, 15) is 19.2 Å². The van der Waals surface area contributed by atoms with Crippen molar-refractivity contribution in [3.8, 4) is 0 Å². The highest BCUT2D eigenvalue weighted by molar-refractivity contribution is 6.09.